The Morgan fingerprint density at radius 3 is 2.29 bits per heavy atom. The molecule has 0 aromatic carbocycles. The van der Waals surface area contributed by atoms with E-state index in [-0.39, 0.29) is 0 Å². The van der Waals surface area contributed by atoms with Crippen molar-refractivity contribution in [1.82, 2.24) is 10.2 Å². The highest BCUT2D eigenvalue weighted by molar-refractivity contribution is 4.87. The Labute approximate surface area is 89.1 Å². The number of nitrogens with zero attached hydrogens (tertiary/aromatic N) is 1. The van der Waals surface area contributed by atoms with E-state index in [2.05, 4.69) is 31.0 Å². The van der Waals surface area contributed by atoms with E-state index in [1.54, 1.807) is 0 Å². The summed E-state index contributed by atoms with van der Waals surface area (Å²) in [4.78, 5) is 2.74. The van der Waals surface area contributed by atoms with E-state index >= 15 is 0 Å². The van der Waals surface area contributed by atoms with Gasteiger partial charge >= 0.3 is 0 Å². The van der Waals surface area contributed by atoms with E-state index in [9.17, 15) is 0 Å². The third-order valence-corrected chi connectivity index (χ3v) is 3.27. The molecular weight excluding hydrogens is 172 g/mol. The van der Waals surface area contributed by atoms with Crippen LogP contribution < -0.4 is 5.32 Å². The monoisotopic (exact) mass is 198 g/mol. The molecule has 14 heavy (non-hydrogen) atoms. The van der Waals surface area contributed by atoms with Gasteiger partial charge in [-0.15, -0.1) is 0 Å². The number of nitrogens with one attached hydrogen (secondary N) is 1. The van der Waals surface area contributed by atoms with Gasteiger partial charge < -0.3 is 5.32 Å². The van der Waals surface area contributed by atoms with Crippen LogP contribution in [0.5, 0.6) is 0 Å². The van der Waals surface area contributed by atoms with E-state index in [0.29, 0.717) is 0 Å². The molecule has 1 fully saturated rings. The first-order valence-corrected chi connectivity index (χ1v) is 6.29. The number of rotatable bonds is 7. The minimum Gasteiger partial charge on any atom is -0.314 e. The molecule has 1 unspecified atom stereocenters. The van der Waals surface area contributed by atoms with Crippen molar-refractivity contribution in [3.05, 3.63) is 0 Å². The molecule has 1 saturated heterocycles. The maximum Gasteiger partial charge on any atom is 0.0348 e. The Morgan fingerprint density at radius 1 is 1.21 bits per heavy atom. The van der Waals surface area contributed by atoms with Crippen LogP contribution in [0, 0.1) is 0 Å². The average Bonchev–Trinajstić information content (AvgIpc) is 2.11. The Balaban J connectivity index is 2.44. The molecular formula is C12H26N2. The normalized spacial score (nSPS) is 19.7. The van der Waals surface area contributed by atoms with Gasteiger partial charge in [-0.05, 0) is 25.8 Å². The second-order valence-corrected chi connectivity index (χ2v) is 4.40. The lowest BCUT2D eigenvalue weighted by Crippen LogP contribution is -2.60. The van der Waals surface area contributed by atoms with Crippen LogP contribution in [0.25, 0.3) is 0 Å². The molecule has 0 aromatic heterocycles. The van der Waals surface area contributed by atoms with Crippen LogP contribution in [0.4, 0.5) is 0 Å². The summed E-state index contributed by atoms with van der Waals surface area (Å²) < 4.78 is 0. The fraction of sp³-hybridized carbons (Fsp3) is 1.00. The topological polar surface area (TPSA) is 15.3 Å². The summed E-state index contributed by atoms with van der Waals surface area (Å²) in [6.45, 7) is 10.6. The lowest BCUT2D eigenvalue weighted by atomic mass is 10.0. The largest absolute Gasteiger partial charge is 0.314 e. The predicted octanol–water partition coefficient (Wildman–Crippen LogP) is 2.25. The fourth-order valence-electron chi connectivity index (χ4n) is 2.37. The molecule has 1 aliphatic heterocycles. The minimum atomic E-state index is 0.825. The summed E-state index contributed by atoms with van der Waals surface area (Å²) in [6, 6.07) is 1.65. The molecule has 1 N–H and O–H groups in total. The quantitative estimate of drug-likeness (QED) is 0.675. The predicted molar refractivity (Wildman–Crippen MR) is 62.6 cm³/mol. The minimum absolute atomic E-state index is 0.825. The molecule has 1 rings (SSSR count). The molecule has 0 spiro atoms. The van der Waals surface area contributed by atoms with E-state index in [1.807, 2.05) is 0 Å². The third-order valence-electron chi connectivity index (χ3n) is 3.27. The maximum absolute atomic E-state index is 3.38. The smallest absolute Gasteiger partial charge is 0.0348 e. The standard InChI is InChI=1S/C12H26N2/c1-4-7-11(6-3)14(8-5-2)12-9-13-10-12/h11-13H,4-10H2,1-3H3. The van der Waals surface area contributed by atoms with Gasteiger partial charge in [-0.25, -0.2) is 0 Å². The Hall–Kier alpha value is -0.0800. The van der Waals surface area contributed by atoms with Crippen molar-refractivity contribution in [2.24, 2.45) is 0 Å². The van der Waals surface area contributed by atoms with Gasteiger partial charge in [-0.3, -0.25) is 4.90 Å². The summed E-state index contributed by atoms with van der Waals surface area (Å²) in [7, 11) is 0. The van der Waals surface area contributed by atoms with Crippen LogP contribution in [0.2, 0.25) is 0 Å². The summed E-state index contributed by atoms with van der Waals surface area (Å²) in [5.74, 6) is 0. The maximum atomic E-state index is 3.38. The zero-order valence-electron chi connectivity index (χ0n) is 10.1. The van der Waals surface area contributed by atoms with Crippen LogP contribution in [0.3, 0.4) is 0 Å². The molecule has 0 bridgehead atoms. The van der Waals surface area contributed by atoms with E-state index in [4.69, 9.17) is 0 Å². The Bertz CT molecular complexity index is 143. The molecule has 1 heterocycles. The molecule has 0 radical (unpaired) electrons. The van der Waals surface area contributed by atoms with Gasteiger partial charge in [0.1, 0.15) is 0 Å². The summed E-state index contributed by atoms with van der Waals surface area (Å²) in [5, 5.41) is 3.38. The van der Waals surface area contributed by atoms with Gasteiger partial charge in [0.2, 0.25) is 0 Å². The van der Waals surface area contributed by atoms with E-state index in [1.165, 1.54) is 45.3 Å². The molecule has 1 aliphatic rings. The van der Waals surface area contributed by atoms with Crippen LogP contribution in [0.1, 0.15) is 46.5 Å². The van der Waals surface area contributed by atoms with Gasteiger partial charge in [0.25, 0.3) is 0 Å². The van der Waals surface area contributed by atoms with Crippen molar-refractivity contribution in [2.45, 2.75) is 58.5 Å². The van der Waals surface area contributed by atoms with Crippen molar-refractivity contribution in [3.8, 4) is 0 Å². The molecule has 0 aromatic rings. The van der Waals surface area contributed by atoms with Crippen LogP contribution in [-0.4, -0.2) is 36.6 Å². The third kappa shape index (κ3) is 2.96. The van der Waals surface area contributed by atoms with E-state index < -0.39 is 0 Å². The van der Waals surface area contributed by atoms with Gasteiger partial charge in [0.05, 0.1) is 0 Å². The average molecular weight is 198 g/mol. The first kappa shape index (κ1) is 12.0. The van der Waals surface area contributed by atoms with Crippen molar-refractivity contribution >= 4 is 0 Å². The van der Waals surface area contributed by atoms with Gasteiger partial charge in [0.15, 0.2) is 0 Å². The van der Waals surface area contributed by atoms with Crippen LogP contribution in [-0.2, 0) is 0 Å². The SMILES string of the molecule is CCCC(CC)N(CCC)C1CNC1. The van der Waals surface area contributed by atoms with Gasteiger partial charge in [0, 0.05) is 25.2 Å². The first-order chi connectivity index (χ1) is 6.83. The summed E-state index contributed by atoms with van der Waals surface area (Å²) >= 11 is 0. The van der Waals surface area contributed by atoms with Crippen molar-refractivity contribution in [1.29, 1.82) is 0 Å². The number of hydrogen-bond acceptors (Lipinski definition) is 2. The highest BCUT2D eigenvalue weighted by Gasteiger charge is 2.28. The molecule has 2 nitrogen and oxygen atoms in total. The zero-order valence-corrected chi connectivity index (χ0v) is 10.1. The molecule has 0 aliphatic carbocycles. The lowest BCUT2D eigenvalue weighted by Gasteiger charge is -2.43. The molecule has 0 amide bonds. The molecule has 2 heteroatoms. The second-order valence-electron chi connectivity index (χ2n) is 4.40. The van der Waals surface area contributed by atoms with Crippen molar-refractivity contribution in [2.75, 3.05) is 19.6 Å². The molecule has 1 atom stereocenters. The van der Waals surface area contributed by atoms with Crippen LogP contribution in [0.15, 0.2) is 0 Å². The van der Waals surface area contributed by atoms with Crippen molar-refractivity contribution < 1.29 is 0 Å². The number of hydrogen-bond donors (Lipinski definition) is 1. The second kappa shape index (κ2) is 6.41. The first-order valence-electron chi connectivity index (χ1n) is 6.29. The van der Waals surface area contributed by atoms with E-state index in [0.717, 1.165) is 12.1 Å². The highest BCUT2D eigenvalue weighted by Crippen LogP contribution is 2.17. The van der Waals surface area contributed by atoms with Gasteiger partial charge in [-0.2, -0.15) is 0 Å². The Kier molecular flexibility index (Phi) is 5.49. The summed E-state index contributed by atoms with van der Waals surface area (Å²) in [5.41, 5.74) is 0. The zero-order chi connectivity index (χ0) is 10.4. The van der Waals surface area contributed by atoms with Gasteiger partial charge in [-0.1, -0.05) is 27.2 Å². The van der Waals surface area contributed by atoms with Crippen molar-refractivity contribution in [3.63, 3.8) is 0 Å². The lowest BCUT2D eigenvalue weighted by molar-refractivity contribution is 0.0865. The summed E-state index contributed by atoms with van der Waals surface area (Å²) in [6.07, 6.45) is 5.28. The van der Waals surface area contributed by atoms with Crippen LogP contribution >= 0.6 is 0 Å². The molecule has 84 valence electrons. The highest BCUT2D eigenvalue weighted by atomic mass is 15.2. The molecule has 0 saturated carbocycles. The fourth-order valence-corrected chi connectivity index (χ4v) is 2.37. The Morgan fingerprint density at radius 2 is 1.93 bits per heavy atom.